The van der Waals surface area contributed by atoms with E-state index in [9.17, 15) is 9.18 Å². The van der Waals surface area contributed by atoms with Gasteiger partial charge in [-0.2, -0.15) is 0 Å². The van der Waals surface area contributed by atoms with Gasteiger partial charge in [-0.1, -0.05) is 24.3 Å². The van der Waals surface area contributed by atoms with Crippen LogP contribution in [0.5, 0.6) is 0 Å². The van der Waals surface area contributed by atoms with Crippen molar-refractivity contribution in [3.8, 4) is 0 Å². The van der Waals surface area contributed by atoms with Gasteiger partial charge >= 0.3 is 0 Å². The number of likely N-dealkylation sites (N-methyl/N-ethyl adjacent to an activating group) is 1. The zero-order valence-electron chi connectivity index (χ0n) is 13.7. The Bertz CT molecular complexity index is 658. The molecular formula is C18H22FN3O. The third kappa shape index (κ3) is 5.14. The molecule has 2 aromatic rings. The molecular weight excluding hydrogens is 293 g/mol. The van der Waals surface area contributed by atoms with Crippen molar-refractivity contribution in [2.45, 2.75) is 26.4 Å². The number of nitrogens with zero attached hydrogens (tertiary/aromatic N) is 2. The molecule has 1 N–H and O–H groups in total. The fourth-order valence-electron chi connectivity index (χ4n) is 2.32. The highest BCUT2D eigenvalue weighted by molar-refractivity contribution is 5.78. The molecule has 0 fully saturated rings. The fraction of sp³-hybridized carbons (Fsp3) is 0.333. The van der Waals surface area contributed by atoms with Gasteiger partial charge in [0, 0.05) is 24.0 Å². The Morgan fingerprint density at radius 3 is 2.70 bits per heavy atom. The first kappa shape index (κ1) is 17.1. The number of hydrogen-bond donors (Lipinski definition) is 1. The summed E-state index contributed by atoms with van der Waals surface area (Å²) in [5, 5.41) is 2.93. The van der Waals surface area contributed by atoms with Crippen LogP contribution in [0.25, 0.3) is 0 Å². The van der Waals surface area contributed by atoms with E-state index in [4.69, 9.17) is 0 Å². The molecule has 4 nitrogen and oxygen atoms in total. The number of rotatable bonds is 6. The van der Waals surface area contributed by atoms with Crippen LogP contribution in [-0.4, -0.2) is 29.4 Å². The van der Waals surface area contributed by atoms with Gasteiger partial charge in [0.25, 0.3) is 0 Å². The highest BCUT2D eigenvalue weighted by Crippen LogP contribution is 2.12. The van der Waals surface area contributed by atoms with Crippen molar-refractivity contribution in [2.24, 2.45) is 0 Å². The van der Waals surface area contributed by atoms with E-state index in [2.05, 4.69) is 10.3 Å². The van der Waals surface area contributed by atoms with Crippen molar-refractivity contribution in [1.82, 2.24) is 15.2 Å². The van der Waals surface area contributed by atoms with Crippen LogP contribution in [0.3, 0.4) is 0 Å². The number of carbonyl (C=O) groups excluding carboxylic acids is 1. The number of amides is 1. The second-order valence-electron chi connectivity index (χ2n) is 5.79. The monoisotopic (exact) mass is 315 g/mol. The Labute approximate surface area is 136 Å². The molecule has 23 heavy (non-hydrogen) atoms. The molecule has 0 aliphatic carbocycles. The van der Waals surface area contributed by atoms with E-state index < -0.39 is 0 Å². The summed E-state index contributed by atoms with van der Waals surface area (Å²) in [5.41, 5.74) is 2.48. The maximum Gasteiger partial charge on any atom is 0.234 e. The third-order valence-electron chi connectivity index (χ3n) is 3.62. The second-order valence-corrected chi connectivity index (χ2v) is 5.79. The summed E-state index contributed by atoms with van der Waals surface area (Å²) in [7, 11) is 1.80. The zero-order valence-corrected chi connectivity index (χ0v) is 13.7. The topological polar surface area (TPSA) is 45.2 Å². The fourth-order valence-corrected chi connectivity index (χ4v) is 2.32. The summed E-state index contributed by atoms with van der Waals surface area (Å²) < 4.78 is 13.6. The van der Waals surface area contributed by atoms with Crippen LogP contribution in [0.15, 0.2) is 42.6 Å². The number of pyridine rings is 1. The molecule has 1 heterocycles. The Hall–Kier alpha value is -2.27. The number of hydrogen-bond acceptors (Lipinski definition) is 3. The Balaban J connectivity index is 1.86. The molecule has 0 radical (unpaired) electrons. The normalized spacial score (nSPS) is 12.2. The molecule has 0 spiro atoms. The van der Waals surface area contributed by atoms with Gasteiger partial charge in [-0.05, 0) is 38.6 Å². The van der Waals surface area contributed by atoms with Crippen molar-refractivity contribution in [3.05, 3.63) is 65.2 Å². The van der Waals surface area contributed by atoms with E-state index in [-0.39, 0.29) is 24.3 Å². The van der Waals surface area contributed by atoms with Crippen molar-refractivity contribution in [2.75, 3.05) is 13.6 Å². The Morgan fingerprint density at radius 1 is 1.30 bits per heavy atom. The van der Waals surface area contributed by atoms with Gasteiger partial charge in [0.15, 0.2) is 0 Å². The summed E-state index contributed by atoms with van der Waals surface area (Å²) in [5.74, 6) is -0.351. The lowest BCUT2D eigenvalue weighted by Crippen LogP contribution is -2.36. The Kier molecular flexibility index (Phi) is 5.82. The average Bonchev–Trinajstić information content (AvgIpc) is 2.50. The van der Waals surface area contributed by atoms with Gasteiger partial charge < -0.3 is 5.32 Å². The van der Waals surface area contributed by atoms with E-state index >= 15 is 0 Å². The third-order valence-corrected chi connectivity index (χ3v) is 3.62. The van der Waals surface area contributed by atoms with E-state index in [0.717, 1.165) is 11.3 Å². The second kappa shape index (κ2) is 7.83. The molecule has 0 bridgehead atoms. The van der Waals surface area contributed by atoms with Crippen LogP contribution in [-0.2, 0) is 11.3 Å². The zero-order chi connectivity index (χ0) is 16.8. The van der Waals surface area contributed by atoms with Crippen LogP contribution >= 0.6 is 0 Å². The lowest BCUT2D eigenvalue weighted by Gasteiger charge is -2.19. The molecule has 2 rings (SSSR count). The summed E-state index contributed by atoms with van der Waals surface area (Å²) >= 11 is 0. The van der Waals surface area contributed by atoms with Crippen LogP contribution in [0.1, 0.15) is 29.8 Å². The Morgan fingerprint density at radius 2 is 2.04 bits per heavy atom. The maximum absolute atomic E-state index is 13.6. The highest BCUT2D eigenvalue weighted by atomic mass is 19.1. The lowest BCUT2D eigenvalue weighted by atomic mass is 10.1. The molecule has 0 saturated heterocycles. The maximum atomic E-state index is 13.6. The number of halogens is 1. The van der Waals surface area contributed by atoms with E-state index in [1.165, 1.54) is 6.07 Å². The molecule has 0 aliphatic heterocycles. The van der Waals surface area contributed by atoms with Crippen LogP contribution in [0.4, 0.5) is 4.39 Å². The molecule has 1 amide bonds. The summed E-state index contributed by atoms with van der Waals surface area (Å²) in [6.45, 7) is 4.43. The van der Waals surface area contributed by atoms with E-state index in [0.29, 0.717) is 12.1 Å². The molecule has 122 valence electrons. The van der Waals surface area contributed by atoms with Crippen LogP contribution in [0, 0.1) is 12.7 Å². The van der Waals surface area contributed by atoms with Gasteiger partial charge in [-0.25, -0.2) is 4.39 Å². The summed E-state index contributed by atoms with van der Waals surface area (Å²) in [4.78, 5) is 18.1. The smallest absolute Gasteiger partial charge is 0.234 e. The van der Waals surface area contributed by atoms with Gasteiger partial charge in [-0.3, -0.25) is 14.7 Å². The van der Waals surface area contributed by atoms with Crippen LogP contribution in [0.2, 0.25) is 0 Å². The van der Waals surface area contributed by atoms with Crippen LogP contribution < -0.4 is 5.32 Å². The number of aryl methyl sites for hydroxylation is 1. The van der Waals surface area contributed by atoms with E-state index in [1.54, 1.807) is 36.3 Å². The molecule has 1 aromatic carbocycles. The summed E-state index contributed by atoms with van der Waals surface area (Å²) in [6.07, 6.45) is 1.77. The first-order valence-electron chi connectivity index (χ1n) is 7.59. The SMILES string of the molecule is Cc1ccc(C(C)NC(=O)CN(C)Cc2ccccc2F)cn1. The molecule has 5 heteroatoms. The minimum Gasteiger partial charge on any atom is -0.348 e. The van der Waals surface area contributed by atoms with Crippen molar-refractivity contribution < 1.29 is 9.18 Å². The minimum atomic E-state index is -0.251. The predicted octanol–water partition coefficient (Wildman–Crippen LogP) is 2.84. The van der Waals surface area contributed by atoms with Gasteiger partial charge in [-0.15, -0.1) is 0 Å². The van der Waals surface area contributed by atoms with Crippen molar-refractivity contribution in [3.63, 3.8) is 0 Å². The number of aromatic nitrogens is 1. The molecule has 0 saturated carbocycles. The van der Waals surface area contributed by atoms with Gasteiger partial charge in [0.05, 0.1) is 12.6 Å². The quantitative estimate of drug-likeness (QED) is 0.891. The first-order valence-corrected chi connectivity index (χ1v) is 7.59. The number of benzene rings is 1. The largest absolute Gasteiger partial charge is 0.348 e. The highest BCUT2D eigenvalue weighted by Gasteiger charge is 2.13. The average molecular weight is 315 g/mol. The standard InChI is InChI=1S/C18H22FN3O/c1-13-8-9-15(10-20-13)14(2)21-18(23)12-22(3)11-16-6-4-5-7-17(16)19/h4-10,14H,11-12H2,1-3H3,(H,21,23). The van der Waals surface area contributed by atoms with Gasteiger partial charge in [0.2, 0.25) is 5.91 Å². The summed E-state index contributed by atoms with van der Waals surface area (Å²) in [6, 6.07) is 10.4. The number of carbonyl (C=O) groups is 1. The minimum absolute atomic E-state index is 0.100. The lowest BCUT2D eigenvalue weighted by molar-refractivity contribution is -0.122. The van der Waals surface area contributed by atoms with Gasteiger partial charge in [0.1, 0.15) is 5.82 Å². The number of nitrogens with one attached hydrogen (secondary N) is 1. The van der Waals surface area contributed by atoms with Crippen molar-refractivity contribution >= 4 is 5.91 Å². The molecule has 1 aromatic heterocycles. The van der Waals surface area contributed by atoms with E-state index in [1.807, 2.05) is 26.0 Å². The molecule has 1 atom stereocenters. The predicted molar refractivity (Wildman–Crippen MR) is 88.3 cm³/mol. The molecule has 0 aliphatic rings. The van der Waals surface area contributed by atoms with Crippen molar-refractivity contribution in [1.29, 1.82) is 0 Å². The first-order chi connectivity index (χ1) is 11.0. The molecule has 1 unspecified atom stereocenters.